The second-order valence-electron chi connectivity index (χ2n) is 5.01. The Morgan fingerprint density at radius 3 is 2.71 bits per heavy atom. The molecule has 0 aliphatic rings. The molecule has 0 bridgehead atoms. The molecule has 0 unspecified atom stereocenters. The fourth-order valence-corrected chi connectivity index (χ4v) is 3.97. The van der Waals surface area contributed by atoms with Gasteiger partial charge in [-0.05, 0) is 26.0 Å². The molecule has 1 amide bonds. The van der Waals surface area contributed by atoms with E-state index in [2.05, 4.69) is 39.2 Å². The molecule has 2 heterocycles. The molecule has 2 aromatic rings. The van der Waals surface area contributed by atoms with Gasteiger partial charge in [0.2, 0.25) is 0 Å². The number of hydrogen-bond donors (Lipinski definition) is 1. The van der Waals surface area contributed by atoms with E-state index in [0.29, 0.717) is 6.54 Å². The van der Waals surface area contributed by atoms with E-state index in [1.165, 1.54) is 6.92 Å². The van der Waals surface area contributed by atoms with Gasteiger partial charge in [0.05, 0.1) is 17.1 Å². The normalized spacial score (nSPS) is 10.5. The van der Waals surface area contributed by atoms with Crippen LogP contribution in [0.5, 0.6) is 0 Å². The van der Waals surface area contributed by atoms with Crippen molar-refractivity contribution >= 4 is 39.7 Å². The van der Waals surface area contributed by atoms with Gasteiger partial charge in [0, 0.05) is 30.3 Å². The van der Waals surface area contributed by atoms with Crippen LogP contribution in [-0.2, 0) is 20.9 Å². The molecule has 130 valence electrons. The predicted molar refractivity (Wildman–Crippen MR) is 97.5 cm³/mol. The Morgan fingerprint density at radius 2 is 2.04 bits per heavy atom. The lowest BCUT2D eigenvalue weighted by atomic mass is 10.3. The number of rotatable bonds is 8. The van der Waals surface area contributed by atoms with Crippen LogP contribution < -0.4 is 10.2 Å². The third kappa shape index (κ3) is 5.04. The molecule has 2 aromatic heterocycles. The highest BCUT2D eigenvalue weighted by molar-refractivity contribution is 7.17. The van der Waals surface area contributed by atoms with Crippen LogP contribution in [0.4, 0.5) is 5.13 Å². The Hall–Kier alpha value is -1.93. The zero-order chi connectivity index (χ0) is 17.5. The summed E-state index contributed by atoms with van der Waals surface area (Å²) in [6.07, 6.45) is 0. The van der Waals surface area contributed by atoms with Crippen molar-refractivity contribution in [2.75, 3.05) is 24.6 Å². The summed E-state index contributed by atoms with van der Waals surface area (Å²) in [4.78, 5) is 31.2. The topological polar surface area (TPSA) is 71.5 Å². The maximum Gasteiger partial charge on any atom is 0.303 e. The van der Waals surface area contributed by atoms with Crippen molar-refractivity contribution < 1.29 is 14.3 Å². The van der Waals surface area contributed by atoms with E-state index >= 15 is 0 Å². The molecule has 6 nitrogen and oxygen atoms in total. The van der Waals surface area contributed by atoms with Gasteiger partial charge in [-0.2, -0.15) is 0 Å². The number of hydrogen-bond acceptors (Lipinski definition) is 7. The highest BCUT2D eigenvalue weighted by Crippen LogP contribution is 2.32. The van der Waals surface area contributed by atoms with Crippen LogP contribution in [-0.4, -0.2) is 36.6 Å². The lowest BCUT2D eigenvalue weighted by Gasteiger charge is -2.16. The Balaban J connectivity index is 1.93. The molecule has 0 aromatic carbocycles. The van der Waals surface area contributed by atoms with Gasteiger partial charge in [0.25, 0.3) is 5.91 Å². The smallest absolute Gasteiger partial charge is 0.303 e. The van der Waals surface area contributed by atoms with Crippen LogP contribution in [0.1, 0.15) is 25.6 Å². The number of nitrogens with zero attached hydrogens (tertiary/aromatic N) is 2. The first-order valence-corrected chi connectivity index (χ1v) is 9.42. The summed E-state index contributed by atoms with van der Waals surface area (Å²) in [6.45, 7) is 7.56. The zero-order valence-corrected chi connectivity index (χ0v) is 15.6. The van der Waals surface area contributed by atoms with E-state index < -0.39 is 5.97 Å². The Kier molecular flexibility index (Phi) is 6.74. The first kappa shape index (κ1) is 18.4. The SMILES string of the molecule is CCN(CC)c1nc(-c2ccc(CNC(=O)COC(C)=O)s2)cs1. The molecule has 0 spiro atoms. The molecule has 2 rings (SSSR count). The number of carbonyl (C=O) groups is 2. The van der Waals surface area contributed by atoms with Crippen molar-refractivity contribution in [2.45, 2.75) is 27.3 Å². The van der Waals surface area contributed by atoms with Crippen molar-refractivity contribution in [2.24, 2.45) is 0 Å². The molecule has 24 heavy (non-hydrogen) atoms. The zero-order valence-electron chi connectivity index (χ0n) is 14.0. The second-order valence-corrected chi connectivity index (χ2v) is 7.02. The van der Waals surface area contributed by atoms with Crippen LogP contribution in [0.25, 0.3) is 10.6 Å². The van der Waals surface area contributed by atoms with Gasteiger partial charge in [0.15, 0.2) is 11.7 Å². The lowest BCUT2D eigenvalue weighted by Crippen LogP contribution is -2.27. The highest BCUT2D eigenvalue weighted by atomic mass is 32.1. The summed E-state index contributed by atoms with van der Waals surface area (Å²) in [5.74, 6) is -0.770. The quantitative estimate of drug-likeness (QED) is 0.727. The van der Waals surface area contributed by atoms with Crippen LogP contribution in [0.2, 0.25) is 0 Å². The highest BCUT2D eigenvalue weighted by Gasteiger charge is 2.11. The summed E-state index contributed by atoms with van der Waals surface area (Å²) in [6, 6.07) is 3.99. The van der Waals surface area contributed by atoms with Gasteiger partial charge in [-0.3, -0.25) is 9.59 Å². The Morgan fingerprint density at radius 1 is 1.29 bits per heavy atom. The number of anilines is 1. The first-order chi connectivity index (χ1) is 11.5. The molecule has 8 heteroatoms. The molecule has 0 saturated heterocycles. The maximum absolute atomic E-state index is 11.5. The van der Waals surface area contributed by atoms with Crippen molar-refractivity contribution in [3.63, 3.8) is 0 Å². The van der Waals surface area contributed by atoms with E-state index in [0.717, 1.165) is 33.7 Å². The third-order valence-corrected chi connectivity index (χ3v) is 5.32. The Bertz CT molecular complexity index is 692. The van der Waals surface area contributed by atoms with E-state index in [1.807, 2.05) is 12.1 Å². The molecule has 0 aliphatic heterocycles. The third-order valence-electron chi connectivity index (χ3n) is 3.31. The number of carbonyl (C=O) groups excluding carboxylic acids is 2. The number of esters is 1. The second kappa shape index (κ2) is 8.79. The summed E-state index contributed by atoms with van der Waals surface area (Å²) >= 11 is 3.24. The average Bonchev–Trinajstić information content (AvgIpc) is 3.21. The minimum Gasteiger partial charge on any atom is -0.456 e. The average molecular weight is 367 g/mol. The number of amides is 1. The van der Waals surface area contributed by atoms with Crippen LogP contribution >= 0.6 is 22.7 Å². The van der Waals surface area contributed by atoms with Crippen molar-refractivity contribution in [3.8, 4) is 10.6 Å². The molecule has 1 N–H and O–H groups in total. The molecule has 0 aliphatic carbocycles. The monoisotopic (exact) mass is 367 g/mol. The van der Waals surface area contributed by atoms with Crippen LogP contribution in [0, 0.1) is 0 Å². The number of thiazole rings is 1. The number of ether oxygens (including phenoxy) is 1. The van der Waals surface area contributed by atoms with Gasteiger partial charge in [-0.15, -0.1) is 22.7 Å². The molecular formula is C16H21N3O3S2. The van der Waals surface area contributed by atoms with Gasteiger partial charge < -0.3 is 15.0 Å². The molecular weight excluding hydrogens is 346 g/mol. The van der Waals surface area contributed by atoms with Crippen molar-refractivity contribution in [1.29, 1.82) is 0 Å². The minimum atomic E-state index is -0.462. The minimum absolute atomic E-state index is 0.243. The lowest BCUT2D eigenvalue weighted by molar-refractivity contribution is -0.146. The van der Waals surface area contributed by atoms with Gasteiger partial charge in [-0.25, -0.2) is 4.98 Å². The van der Waals surface area contributed by atoms with E-state index in [4.69, 9.17) is 0 Å². The predicted octanol–water partition coefficient (Wildman–Crippen LogP) is 2.90. The molecule has 0 saturated carbocycles. The van der Waals surface area contributed by atoms with E-state index in [-0.39, 0.29) is 12.5 Å². The van der Waals surface area contributed by atoms with Gasteiger partial charge in [-0.1, -0.05) is 0 Å². The maximum atomic E-state index is 11.5. The van der Waals surface area contributed by atoms with Crippen LogP contribution in [0.15, 0.2) is 17.5 Å². The fourth-order valence-electron chi connectivity index (χ4n) is 2.03. The largest absolute Gasteiger partial charge is 0.456 e. The standard InChI is InChI=1S/C16H21N3O3S2/c1-4-19(5-2)16-18-13(10-23-16)14-7-6-12(24-14)8-17-15(21)9-22-11(3)20/h6-7,10H,4-5,8-9H2,1-3H3,(H,17,21). The van der Waals surface area contributed by atoms with E-state index in [9.17, 15) is 9.59 Å². The molecule has 0 fully saturated rings. The summed E-state index contributed by atoms with van der Waals surface area (Å²) < 4.78 is 4.65. The van der Waals surface area contributed by atoms with E-state index in [1.54, 1.807) is 22.7 Å². The van der Waals surface area contributed by atoms with Crippen LogP contribution in [0.3, 0.4) is 0 Å². The van der Waals surface area contributed by atoms with Gasteiger partial charge >= 0.3 is 5.97 Å². The van der Waals surface area contributed by atoms with Crippen molar-refractivity contribution in [1.82, 2.24) is 10.3 Å². The van der Waals surface area contributed by atoms with Crippen molar-refractivity contribution in [3.05, 3.63) is 22.4 Å². The Labute approximate surface area is 149 Å². The molecule has 0 radical (unpaired) electrons. The fraction of sp³-hybridized carbons (Fsp3) is 0.438. The summed E-state index contributed by atoms with van der Waals surface area (Å²) in [5.41, 5.74) is 0.962. The molecule has 0 atom stereocenters. The first-order valence-electron chi connectivity index (χ1n) is 7.73. The van der Waals surface area contributed by atoms with Gasteiger partial charge in [0.1, 0.15) is 0 Å². The summed E-state index contributed by atoms with van der Waals surface area (Å²) in [7, 11) is 0. The number of thiophene rings is 1. The summed E-state index contributed by atoms with van der Waals surface area (Å²) in [5, 5.41) is 5.81. The number of nitrogens with one attached hydrogen (secondary N) is 1. The number of aromatic nitrogens is 1.